The monoisotopic (exact) mass is 277 g/mol. The molecule has 3 heteroatoms. The molecule has 2 rings (SSSR count). The zero-order chi connectivity index (χ0) is 11.7. The summed E-state index contributed by atoms with van der Waals surface area (Å²) in [6, 6.07) is 11.4. The first-order valence-electron chi connectivity index (χ1n) is 5.05. The number of aromatic nitrogens is 1. The van der Waals surface area contributed by atoms with Gasteiger partial charge in [0.05, 0.1) is 5.56 Å². The SMILES string of the molecule is Cc1ccc(C)n1C(=O)c1ccccc1Br. The van der Waals surface area contributed by atoms with Gasteiger partial charge in [-0.15, -0.1) is 0 Å². The first-order valence-corrected chi connectivity index (χ1v) is 5.84. The summed E-state index contributed by atoms with van der Waals surface area (Å²) >= 11 is 3.40. The van der Waals surface area contributed by atoms with Gasteiger partial charge in [-0.1, -0.05) is 12.1 Å². The molecule has 82 valence electrons. The minimum atomic E-state index is 0.00692. The quantitative estimate of drug-likeness (QED) is 0.781. The zero-order valence-corrected chi connectivity index (χ0v) is 10.8. The van der Waals surface area contributed by atoms with Gasteiger partial charge >= 0.3 is 0 Å². The van der Waals surface area contributed by atoms with Crippen molar-refractivity contribution in [3.63, 3.8) is 0 Å². The van der Waals surface area contributed by atoms with E-state index in [1.807, 2.05) is 50.2 Å². The number of hydrogen-bond acceptors (Lipinski definition) is 1. The van der Waals surface area contributed by atoms with Crippen LogP contribution < -0.4 is 0 Å². The summed E-state index contributed by atoms with van der Waals surface area (Å²) in [6.07, 6.45) is 0. The summed E-state index contributed by atoms with van der Waals surface area (Å²) in [6.45, 7) is 3.86. The van der Waals surface area contributed by atoms with E-state index in [2.05, 4.69) is 15.9 Å². The van der Waals surface area contributed by atoms with Crippen LogP contribution in [0.25, 0.3) is 0 Å². The summed E-state index contributed by atoms with van der Waals surface area (Å²) < 4.78 is 2.55. The van der Waals surface area contributed by atoms with Crippen molar-refractivity contribution in [2.75, 3.05) is 0 Å². The summed E-state index contributed by atoms with van der Waals surface area (Å²) in [5, 5.41) is 0. The molecule has 1 aromatic heterocycles. The van der Waals surface area contributed by atoms with Crippen LogP contribution in [0.4, 0.5) is 0 Å². The third-order valence-electron chi connectivity index (χ3n) is 2.58. The Labute approximate surface area is 103 Å². The molecule has 0 N–H and O–H groups in total. The van der Waals surface area contributed by atoms with E-state index >= 15 is 0 Å². The first kappa shape index (κ1) is 11.1. The summed E-state index contributed by atoms with van der Waals surface area (Å²) in [5.41, 5.74) is 2.60. The number of hydrogen-bond donors (Lipinski definition) is 0. The van der Waals surface area contributed by atoms with Crippen molar-refractivity contribution < 1.29 is 4.79 Å². The molecule has 1 aromatic carbocycles. The van der Waals surface area contributed by atoms with Gasteiger partial charge in [-0.3, -0.25) is 9.36 Å². The fraction of sp³-hybridized carbons (Fsp3) is 0.154. The number of carbonyl (C=O) groups is 1. The van der Waals surface area contributed by atoms with Gasteiger partial charge in [-0.05, 0) is 54.0 Å². The van der Waals surface area contributed by atoms with E-state index in [4.69, 9.17) is 0 Å². The number of carbonyl (C=O) groups excluding carboxylic acids is 1. The smallest absolute Gasteiger partial charge is 0.263 e. The second-order valence-corrected chi connectivity index (χ2v) is 4.59. The molecule has 2 aromatic rings. The molecule has 0 spiro atoms. The van der Waals surface area contributed by atoms with Crippen LogP contribution in [0, 0.1) is 13.8 Å². The maximum Gasteiger partial charge on any atom is 0.263 e. The molecule has 1 heterocycles. The fourth-order valence-corrected chi connectivity index (χ4v) is 2.20. The van der Waals surface area contributed by atoms with Crippen molar-refractivity contribution in [1.29, 1.82) is 0 Å². The number of benzene rings is 1. The highest BCUT2D eigenvalue weighted by Crippen LogP contribution is 2.19. The van der Waals surface area contributed by atoms with Crippen LogP contribution in [0.5, 0.6) is 0 Å². The van der Waals surface area contributed by atoms with Gasteiger partial charge in [0, 0.05) is 15.9 Å². The summed E-state index contributed by atoms with van der Waals surface area (Å²) in [5.74, 6) is 0.00692. The van der Waals surface area contributed by atoms with Crippen molar-refractivity contribution in [2.24, 2.45) is 0 Å². The largest absolute Gasteiger partial charge is 0.285 e. The van der Waals surface area contributed by atoms with E-state index in [1.54, 1.807) is 4.57 Å². The molecule has 0 aliphatic rings. The number of halogens is 1. The second kappa shape index (κ2) is 4.26. The van der Waals surface area contributed by atoms with E-state index in [1.165, 1.54) is 0 Å². The minimum Gasteiger partial charge on any atom is -0.285 e. The molecule has 0 aliphatic carbocycles. The van der Waals surface area contributed by atoms with E-state index in [0.717, 1.165) is 15.9 Å². The molecule has 0 radical (unpaired) electrons. The topological polar surface area (TPSA) is 22.0 Å². The molecule has 0 bridgehead atoms. The van der Waals surface area contributed by atoms with Crippen LogP contribution in [0.3, 0.4) is 0 Å². The Morgan fingerprint density at radius 3 is 2.19 bits per heavy atom. The number of rotatable bonds is 1. The van der Waals surface area contributed by atoms with Crippen molar-refractivity contribution in [2.45, 2.75) is 13.8 Å². The van der Waals surface area contributed by atoms with Crippen molar-refractivity contribution in [3.05, 3.63) is 57.8 Å². The normalized spacial score (nSPS) is 10.4. The van der Waals surface area contributed by atoms with Gasteiger partial charge in [0.15, 0.2) is 0 Å². The third-order valence-corrected chi connectivity index (χ3v) is 3.27. The lowest BCUT2D eigenvalue weighted by Crippen LogP contribution is -2.15. The van der Waals surface area contributed by atoms with Gasteiger partial charge in [-0.2, -0.15) is 0 Å². The van der Waals surface area contributed by atoms with Gasteiger partial charge in [-0.25, -0.2) is 0 Å². The van der Waals surface area contributed by atoms with Crippen LogP contribution in [0.2, 0.25) is 0 Å². The van der Waals surface area contributed by atoms with Crippen LogP contribution in [0.1, 0.15) is 21.7 Å². The molecular weight excluding hydrogens is 266 g/mol. The van der Waals surface area contributed by atoms with E-state index in [9.17, 15) is 4.79 Å². The van der Waals surface area contributed by atoms with Crippen LogP contribution in [-0.4, -0.2) is 10.5 Å². The lowest BCUT2D eigenvalue weighted by atomic mass is 10.2. The molecular formula is C13H12BrNO. The maximum absolute atomic E-state index is 12.3. The molecule has 0 saturated carbocycles. The maximum atomic E-state index is 12.3. The Kier molecular flexibility index (Phi) is 2.97. The average Bonchev–Trinajstić information content (AvgIpc) is 2.58. The van der Waals surface area contributed by atoms with Gasteiger partial charge < -0.3 is 0 Å². The molecule has 0 aliphatic heterocycles. The molecule has 0 fully saturated rings. The molecule has 16 heavy (non-hydrogen) atoms. The zero-order valence-electron chi connectivity index (χ0n) is 9.20. The Hall–Kier alpha value is -1.35. The molecule has 2 nitrogen and oxygen atoms in total. The number of nitrogens with zero attached hydrogens (tertiary/aromatic N) is 1. The lowest BCUT2D eigenvalue weighted by molar-refractivity contribution is 0.0955. The predicted molar refractivity (Wildman–Crippen MR) is 67.8 cm³/mol. The minimum absolute atomic E-state index is 0.00692. The van der Waals surface area contributed by atoms with Crippen LogP contribution in [0.15, 0.2) is 40.9 Å². The van der Waals surface area contributed by atoms with Crippen LogP contribution >= 0.6 is 15.9 Å². The Balaban J connectivity index is 2.52. The highest BCUT2D eigenvalue weighted by Gasteiger charge is 2.14. The van der Waals surface area contributed by atoms with Gasteiger partial charge in [0.2, 0.25) is 0 Å². The first-order chi connectivity index (χ1) is 7.61. The Morgan fingerprint density at radius 2 is 1.62 bits per heavy atom. The van der Waals surface area contributed by atoms with E-state index in [0.29, 0.717) is 5.56 Å². The number of aryl methyl sites for hydroxylation is 2. The molecule has 0 unspecified atom stereocenters. The second-order valence-electron chi connectivity index (χ2n) is 3.74. The predicted octanol–water partition coefficient (Wildman–Crippen LogP) is 3.56. The Morgan fingerprint density at radius 1 is 1.06 bits per heavy atom. The van der Waals surface area contributed by atoms with Crippen molar-refractivity contribution >= 4 is 21.8 Å². The summed E-state index contributed by atoms with van der Waals surface area (Å²) in [4.78, 5) is 12.3. The summed E-state index contributed by atoms with van der Waals surface area (Å²) in [7, 11) is 0. The molecule has 0 amide bonds. The average molecular weight is 278 g/mol. The van der Waals surface area contributed by atoms with Gasteiger partial charge in [0.1, 0.15) is 0 Å². The molecule has 0 saturated heterocycles. The third kappa shape index (κ3) is 1.83. The van der Waals surface area contributed by atoms with E-state index < -0.39 is 0 Å². The van der Waals surface area contributed by atoms with Crippen LogP contribution in [-0.2, 0) is 0 Å². The van der Waals surface area contributed by atoms with E-state index in [-0.39, 0.29) is 5.91 Å². The van der Waals surface area contributed by atoms with Crippen molar-refractivity contribution in [3.8, 4) is 0 Å². The lowest BCUT2D eigenvalue weighted by Gasteiger charge is -2.08. The Bertz CT molecular complexity index is 523. The van der Waals surface area contributed by atoms with Gasteiger partial charge in [0.25, 0.3) is 5.91 Å². The molecule has 0 atom stereocenters. The highest BCUT2D eigenvalue weighted by atomic mass is 79.9. The fourth-order valence-electron chi connectivity index (χ4n) is 1.74. The van der Waals surface area contributed by atoms with Crippen molar-refractivity contribution in [1.82, 2.24) is 4.57 Å². The highest BCUT2D eigenvalue weighted by molar-refractivity contribution is 9.10. The standard InChI is InChI=1S/C13H12BrNO/c1-9-7-8-10(2)15(9)13(16)11-5-3-4-6-12(11)14/h3-8H,1-2H3.